The maximum Gasteiger partial charge on any atom is 0.251 e. The van der Waals surface area contributed by atoms with Gasteiger partial charge in [0.15, 0.2) is 0 Å². The summed E-state index contributed by atoms with van der Waals surface area (Å²) in [5.74, 6) is -0.571. The summed E-state index contributed by atoms with van der Waals surface area (Å²) in [6.45, 7) is 0.315. The Morgan fingerprint density at radius 2 is 1.95 bits per heavy atom. The van der Waals surface area contributed by atoms with Crippen molar-refractivity contribution >= 4 is 5.91 Å². The van der Waals surface area contributed by atoms with Crippen molar-refractivity contribution in [1.29, 1.82) is 5.26 Å². The minimum absolute atomic E-state index is 0.263. The summed E-state index contributed by atoms with van der Waals surface area (Å²) >= 11 is 0. The van der Waals surface area contributed by atoms with E-state index < -0.39 is 0 Å². The molecule has 0 aliphatic heterocycles. The predicted molar refractivity (Wildman–Crippen MR) is 68.7 cm³/mol. The number of nitriles is 1. The molecule has 19 heavy (non-hydrogen) atoms. The third-order valence-electron chi connectivity index (χ3n) is 2.62. The molecule has 2 aromatic rings. The maximum absolute atomic E-state index is 12.7. The van der Waals surface area contributed by atoms with Crippen molar-refractivity contribution in [3.05, 3.63) is 71.0 Å². The number of halogens is 1. The van der Waals surface area contributed by atoms with Gasteiger partial charge in [-0.15, -0.1) is 0 Å². The van der Waals surface area contributed by atoms with Gasteiger partial charge >= 0.3 is 0 Å². The van der Waals surface area contributed by atoms with Crippen molar-refractivity contribution in [2.75, 3.05) is 0 Å². The molecule has 0 atom stereocenters. The first-order valence-corrected chi connectivity index (χ1v) is 5.72. The topological polar surface area (TPSA) is 52.9 Å². The van der Waals surface area contributed by atoms with Crippen LogP contribution in [0.2, 0.25) is 0 Å². The van der Waals surface area contributed by atoms with Crippen molar-refractivity contribution in [1.82, 2.24) is 5.32 Å². The Labute approximate surface area is 110 Å². The molecular weight excluding hydrogens is 243 g/mol. The summed E-state index contributed by atoms with van der Waals surface area (Å²) in [5, 5.41) is 11.5. The number of amides is 1. The molecule has 2 aromatic carbocycles. The molecule has 0 aromatic heterocycles. The van der Waals surface area contributed by atoms with Crippen LogP contribution in [-0.4, -0.2) is 5.91 Å². The summed E-state index contributed by atoms with van der Waals surface area (Å²) in [6.07, 6.45) is 0. The molecule has 2 rings (SSSR count). The third kappa shape index (κ3) is 3.39. The van der Waals surface area contributed by atoms with Crippen molar-refractivity contribution in [3.63, 3.8) is 0 Å². The summed E-state index contributed by atoms with van der Waals surface area (Å²) < 4.78 is 12.7. The minimum atomic E-state index is -0.309. The van der Waals surface area contributed by atoms with Crippen LogP contribution in [-0.2, 0) is 6.54 Å². The number of nitrogens with zero attached hydrogens (tertiary/aromatic N) is 1. The molecule has 1 amide bonds. The molecule has 3 nitrogen and oxygen atoms in total. The molecule has 0 saturated heterocycles. The smallest absolute Gasteiger partial charge is 0.251 e. The highest BCUT2D eigenvalue weighted by Crippen LogP contribution is 2.06. The van der Waals surface area contributed by atoms with E-state index in [9.17, 15) is 9.18 Å². The highest BCUT2D eigenvalue weighted by atomic mass is 19.1. The van der Waals surface area contributed by atoms with Crippen LogP contribution >= 0.6 is 0 Å². The zero-order valence-corrected chi connectivity index (χ0v) is 10.1. The van der Waals surface area contributed by atoms with Crippen LogP contribution < -0.4 is 5.32 Å². The number of carbonyl (C=O) groups excluding carboxylic acids is 1. The number of rotatable bonds is 3. The van der Waals surface area contributed by atoms with Crippen molar-refractivity contribution < 1.29 is 9.18 Å². The van der Waals surface area contributed by atoms with Gasteiger partial charge in [0.2, 0.25) is 0 Å². The van der Waals surface area contributed by atoms with Gasteiger partial charge in [0.25, 0.3) is 5.91 Å². The first-order chi connectivity index (χ1) is 9.19. The SMILES string of the molecule is N#Cc1cccc(C(=O)NCc2ccc(F)cc2)c1. The van der Waals surface area contributed by atoms with Crippen LogP contribution in [0.1, 0.15) is 21.5 Å². The van der Waals surface area contributed by atoms with Gasteiger partial charge in [-0.25, -0.2) is 4.39 Å². The normalized spacial score (nSPS) is 9.68. The van der Waals surface area contributed by atoms with E-state index in [1.165, 1.54) is 18.2 Å². The molecule has 0 aliphatic carbocycles. The molecule has 0 radical (unpaired) electrons. The fourth-order valence-corrected chi connectivity index (χ4v) is 1.62. The van der Waals surface area contributed by atoms with E-state index in [4.69, 9.17) is 5.26 Å². The van der Waals surface area contributed by atoms with E-state index in [-0.39, 0.29) is 11.7 Å². The molecular formula is C15H11FN2O. The van der Waals surface area contributed by atoms with Gasteiger partial charge in [-0.05, 0) is 35.9 Å². The Morgan fingerprint density at radius 3 is 2.63 bits per heavy atom. The lowest BCUT2D eigenvalue weighted by molar-refractivity contribution is 0.0951. The summed E-state index contributed by atoms with van der Waals surface area (Å²) in [6, 6.07) is 14.4. The average Bonchev–Trinajstić information content (AvgIpc) is 2.46. The third-order valence-corrected chi connectivity index (χ3v) is 2.62. The molecule has 0 fully saturated rings. The summed E-state index contributed by atoms with van der Waals surface area (Å²) in [7, 11) is 0. The molecule has 0 spiro atoms. The van der Waals surface area contributed by atoms with Gasteiger partial charge in [-0.2, -0.15) is 5.26 Å². The predicted octanol–water partition coefficient (Wildman–Crippen LogP) is 2.63. The van der Waals surface area contributed by atoms with Crippen LogP contribution in [0, 0.1) is 17.1 Å². The first-order valence-electron chi connectivity index (χ1n) is 5.72. The van der Waals surface area contributed by atoms with E-state index in [1.54, 1.807) is 30.3 Å². The van der Waals surface area contributed by atoms with Gasteiger partial charge in [0, 0.05) is 12.1 Å². The first kappa shape index (κ1) is 12.8. The van der Waals surface area contributed by atoms with Crippen molar-refractivity contribution in [3.8, 4) is 6.07 Å². The molecule has 0 heterocycles. The second kappa shape index (κ2) is 5.78. The number of nitrogens with one attached hydrogen (secondary N) is 1. The minimum Gasteiger partial charge on any atom is -0.348 e. The van der Waals surface area contributed by atoms with Crippen molar-refractivity contribution in [2.45, 2.75) is 6.54 Å². The standard InChI is InChI=1S/C15H11FN2O/c16-14-6-4-11(5-7-14)10-18-15(19)13-3-1-2-12(8-13)9-17/h1-8H,10H2,(H,18,19). The lowest BCUT2D eigenvalue weighted by Crippen LogP contribution is -2.22. The average molecular weight is 254 g/mol. The Kier molecular flexibility index (Phi) is 3.89. The fraction of sp³-hybridized carbons (Fsp3) is 0.0667. The Balaban J connectivity index is 2.01. The molecule has 0 bridgehead atoms. The van der Waals surface area contributed by atoms with Crippen LogP contribution in [0.25, 0.3) is 0 Å². The van der Waals surface area contributed by atoms with Crippen molar-refractivity contribution in [2.24, 2.45) is 0 Å². The summed E-state index contributed by atoms with van der Waals surface area (Å²) in [4.78, 5) is 11.9. The number of carbonyl (C=O) groups is 1. The zero-order chi connectivity index (χ0) is 13.7. The molecule has 0 saturated carbocycles. The van der Waals surface area contributed by atoms with E-state index in [0.717, 1.165) is 5.56 Å². The molecule has 0 aliphatic rings. The van der Waals surface area contributed by atoms with E-state index in [0.29, 0.717) is 17.7 Å². The van der Waals surface area contributed by atoms with E-state index in [2.05, 4.69) is 5.32 Å². The van der Waals surface area contributed by atoms with Gasteiger partial charge in [-0.3, -0.25) is 4.79 Å². The molecule has 94 valence electrons. The monoisotopic (exact) mass is 254 g/mol. The maximum atomic E-state index is 12.7. The van der Waals surface area contributed by atoms with E-state index >= 15 is 0 Å². The van der Waals surface area contributed by atoms with Gasteiger partial charge in [-0.1, -0.05) is 18.2 Å². The lowest BCUT2D eigenvalue weighted by Gasteiger charge is -2.05. The van der Waals surface area contributed by atoms with Gasteiger partial charge in [0.05, 0.1) is 11.6 Å². The van der Waals surface area contributed by atoms with Crippen LogP contribution in [0.4, 0.5) is 4.39 Å². The number of benzene rings is 2. The Hall–Kier alpha value is -2.67. The zero-order valence-electron chi connectivity index (χ0n) is 10.1. The largest absolute Gasteiger partial charge is 0.348 e. The van der Waals surface area contributed by atoms with Crippen LogP contribution in [0.15, 0.2) is 48.5 Å². The number of hydrogen-bond acceptors (Lipinski definition) is 2. The second-order valence-electron chi connectivity index (χ2n) is 4.00. The van der Waals surface area contributed by atoms with Gasteiger partial charge < -0.3 is 5.32 Å². The second-order valence-corrected chi connectivity index (χ2v) is 4.00. The Morgan fingerprint density at radius 1 is 1.21 bits per heavy atom. The van der Waals surface area contributed by atoms with Crippen LogP contribution in [0.3, 0.4) is 0 Å². The molecule has 4 heteroatoms. The van der Waals surface area contributed by atoms with E-state index in [1.807, 2.05) is 6.07 Å². The molecule has 1 N–H and O–H groups in total. The fourth-order valence-electron chi connectivity index (χ4n) is 1.62. The van der Waals surface area contributed by atoms with Crippen LogP contribution in [0.5, 0.6) is 0 Å². The van der Waals surface area contributed by atoms with Gasteiger partial charge in [0.1, 0.15) is 5.82 Å². The molecule has 0 unspecified atom stereocenters. The quantitative estimate of drug-likeness (QED) is 0.915. The lowest BCUT2D eigenvalue weighted by atomic mass is 10.1. The highest BCUT2D eigenvalue weighted by molar-refractivity contribution is 5.94. The Bertz CT molecular complexity index is 629. The number of hydrogen-bond donors (Lipinski definition) is 1. The highest BCUT2D eigenvalue weighted by Gasteiger charge is 2.05. The summed E-state index contributed by atoms with van der Waals surface area (Å²) in [5.41, 5.74) is 1.68.